The van der Waals surface area contributed by atoms with Crippen molar-refractivity contribution in [3.05, 3.63) is 53.6 Å². The molecule has 3 aliphatic rings. The van der Waals surface area contributed by atoms with E-state index in [1.807, 2.05) is 29.2 Å². The lowest BCUT2D eigenvalue weighted by Crippen LogP contribution is -2.25. The first kappa shape index (κ1) is 26.0. The first-order valence-electron chi connectivity index (χ1n) is 12.7. The second kappa shape index (κ2) is 13.4. The van der Waals surface area contributed by atoms with Crippen LogP contribution in [0.3, 0.4) is 0 Å². The smallest absolute Gasteiger partial charge is 0.227 e. The van der Waals surface area contributed by atoms with Gasteiger partial charge in [0.1, 0.15) is 18.1 Å². The fourth-order valence-electron chi connectivity index (χ4n) is 4.53. The molecule has 6 nitrogen and oxygen atoms in total. The second-order valence-corrected chi connectivity index (χ2v) is 9.06. The first-order valence-corrected chi connectivity index (χ1v) is 12.7. The number of carbonyl (C=O) groups is 1. The van der Waals surface area contributed by atoms with Crippen molar-refractivity contribution in [3.63, 3.8) is 0 Å². The zero-order valence-electron chi connectivity index (χ0n) is 20.7. The number of nitrogens with zero attached hydrogens (tertiary/aromatic N) is 2. The third-order valence-corrected chi connectivity index (χ3v) is 6.62. The van der Waals surface area contributed by atoms with Crippen LogP contribution >= 0.6 is 0 Å². The summed E-state index contributed by atoms with van der Waals surface area (Å²) in [4.78, 5) is 16.2. The zero-order chi connectivity index (χ0) is 24.3. The molecule has 2 N–H and O–H groups in total. The van der Waals surface area contributed by atoms with Crippen LogP contribution in [-0.4, -0.2) is 60.9 Å². The van der Waals surface area contributed by atoms with Crippen LogP contribution < -0.4 is 9.64 Å². The summed E-state index contributed by atoms with van der Waals surface area (Å²) in [6.45, 7) is 7.15. The molecular weight excluding hydrogens is 428 g/mol. The molecule has 1 amide bonds. The minimum atomic E-state index is 0.241. The van der Waals surface area contributed by atoms with Crippen LogP contribution in [0.4, 0.5) is 5.69 Å². The molecule has 2 saturated heterocycles. The summed E-state index contributed by atoms with van der Waals surface area (Å²) in [5.41, 5.74) is 3.59. The van der Waals surface area contributed by atoms with E-state index in [-0.39, 0.29) is 5.91 Å². The Morgan fingerprint density at radius 3 is 2.26 bits per heavy atom. The SMILES string of the molecule is CCc1cc(N2CCCC2=O)ccc1OCCN1CCCC1.CO.Oc1ccc(C2CC2)cc1. The highest BCUT2D eigenvalue weighted by Gasteiger charge is 2.23. The Morgan fingerprint density at radius 1 is 0.971 bits per heavy atom. The molecule has 2 heterocycles. The molecule has 186 valence electrons. The standard InChI is InChI=1S/C18H26N2O2.C9H10O.CH4O/c1-2-15-14-16(20-11-5-6-18(20)21)7-8-17(15)22-13-12-19-9-3-4-10-19;10-9-5-3-8(4-6-9)7-1-2-7;1-2/h7-8,14H,2-6,9-13H2,1H3;3-7,10H,1-2H2;2H,1H3. The highest BCUT2D eigenvalue weighted by Crippen LogP contribution is 2.40. The number of ether oxygens (including phenoxy) is 1. The van der Waals surface area contributed by atoms with Crippen molar-refractivity contribution in [1.29, 1.82) is 0 Å². The number of benzene rings is 2. The van der Waals surface area contributed by atoms with Gasteiger partial charge in [0, 0.05) is 32.3 Å². The summed E-state index contributed by atoms with van der Waals surface area (Å²) < 4.78 is 5.99. The van der Waals surface area contributed by atoms with E-state index >= 15 is 0 Å². The van der Waals surface area contributed by atoms with E-state index in [0.717, 1.165) is 57.0 Å². The number of aromatic hydroxyl groups is 1. The van der Waals surface area contributed by atoms with Crippen molar-refractivity contribution < 1.29 is 19.7 Å². The number of carbonyl (C=O) groups excluding carboxylic acids is 1. The fraction of sp³-hybridized carbons (Fsp3) is 0.536. The monoisotopic (exact) mass is 468 g/mol. The molecular formula is C28H40N2O4. The Kier molecular flexibility index (Phi) is 10.2. The number of aryl methyl sites for hydroxylation is 1. The topological polar surface area (TPSA) is 73.2 Å². The molecule has 0 radical (unpaired) electrons. The number of rotatable bonds is 7. The molecule has 6 heteroatoms. The van der Waals surface area contributed by atoms with Gasteiger partial charge in [-0.25, -0.2) is 0 Å². The van der Waals surface area contributed by atoms with Gasteiger partial charge in [0.05, 0.1) is 0 Å². The Balaban J connectivity index is 0.000000224. The lowest BCUT2D eigenvalue weighted by atomic mass is 10.1. The Hall–Kier alpha value is -2.57. The summed E-state index contributed by atoms with van der Waals surface area (Å²) in [7, 11) is 1.00. The van der Waals surface area contributed by atoms with Gasteiger partial charge in [-0.1, -0.05) is 19.1 Å². The maximum atomic E-state index is 11.9. The first-order chi connectivity index (χ1) is 16.6. The molecule has 0 aromatic heterocycles. The summed E-state index contributed by atoms with van der Waals surface area (Å²) in [6.07, 6.45) is 7.85. The fourth-order valence-corrected chi connectivity index (χ4v) is 4.53. The predicted octanol–water partition coefficient (Wildman–Crippen LogP) is 4.73. The molecule has 1 saturated carbocycles. The summed E-state index contributed by atoms with van der Waals surface area (Å²) in [5.74, 6) is 2.37. The van der Waals surface area contributed by atoms with Gasteiger partial charge in [0.25, 0.3) is 0 Å². The molecule has 1 aliphatic carbocycles. The zero-order valence-corrected chi connectivity index (χ0v) is 20.7. The molecule has 0 spiro atoms. The molecule has 2 aromatic carbocycles. The van der Waals surface area contributed by atoms with E-state index in [2.05, 4.69) is 17.9 Å². The second-order valence-electron chi connectivity index (χ2n) is 9.06. The van der Waals surface area contributed by atoms with Gasteiger partial charge >= 0.3 is 0 Å². The number of hydrogen-bond donors (Lipinski definition) is 2. The van der Waals surface area contributed by atoms with Crippen molar-refractivity contribution >= 4 is 11.6 Å². The van der Waals surface area contributed by atoms with E-state index < -0.39 is 0 Å². The highest BCUT2D eigenvalue weighted by atomic mass is 16.5. The number of aliphatic hydroxyl groups excluding tert-OH is 1. The number of anilines is 1. The lowest BCUT2D eigenvalue weighted by Gasteiger charge is -2.19. The number of amides is 1. The van der Waals surface area contributed by atoms with Gasteiger partial charge in [-0.2, -0.15) is 0 Å². The van der Waals surface area contributed by atoms with Gasteiger partial charge in [-0.3, -0.25) is 9.69 Å². The molecule has 0 atom stereocenters. The normalized spacial score (nSPS) is 17.6. The van der Waals surface area contributed by atoms with Crippen molar-refractivity contribution in [2.45, 2.75) is 57.8 Å². The largest absolute Gasteiger partial charge is 0.508 e. The van der Waals surface area contributed by atoms with Crippen LogP contribution in [0.15, 0.2) is 42.5 Å². The number of hydrogen-bond acceptors (Lipinski definition) is 5. The number of phenols is 1. The van der Waals surface area contributed by atoms with Gasteiger partial charge in [0.2, 0.25) is 5.91 Å². The maximum absolute atomic E-state index is 11.9. The van der Waals surface area contributed by atoms with Crippen LogP contribution in [0.5, 0.6) is 11.5 Å². The summed E-state index contributed by atoms with van der Waals surface area (Å²) in [6, 6.07) is 13.7. The molecule has 5 rings (SSSR count). The Morgan fingerprint density at radius 2 is 1.68 bits per heavy atom. The average Bonchev–Trinajstić information content (AvgIpc) is 3.42. The lowest BCUT2D eigenvalue weighted by molar-refractivity contribution is -0.117. The van der Waals surface area contributed by atoms with E-state index in [9.17, 15) is 4.79 Å². The Bertz CT molecular complexity index is 890. The van der Waals surface area contributed by atoms with Crippen LogP contribution in [0.1, 0.15) is 62.5 Å². The molecule has 2 aromatic rings. The minimum Gasteiger partial charge on any atom is -0.508 e. The molecule has 0 unspecified atom stereocenters. The summed E-state index contributed by atoms with van der Waals surface area (Å²) in [5, 5.41) is 16.0. The van der Waals surface area contributed by atoms with Gasteiger partial charge in [-0.05, 0) is 99.0 Å². The van der Waals surface area contributed by atoms with Crippen LogP contribution in [0.25, 0.3) is 0 Å². The Labute approximate surface area is 204 Å². The van der Waals surface area contributed by atoms with Crippen molar-refractivity contribution in [2.75, 3.05) is 44.8 Å². The van der Waals surface area contributed by atoms with Crippen molar-refractivity contribution in [3.8, 4) is 11.5 Å². The van der Waals surface area contributed by atoms with Gasteiger partial charge in [0.15, 0.2) is 0 Å². The third kappa shape index (κ3) is 7.47. The number of aliphatic hydroxyl groups is 1. The number of phenolic OH excluding ortho intramolecular Hbond substituents is 1. The predicted molar refractivity (Wildman–Crippen MR) is 137 cm³/mol. The quantitative estimate of drug-likeness (QED) is 0.615. The van der Waals surface area contributed by atoms with E-state index in [1.165, 1.54) is 49.9 Å². The molecule has 0 bridgehead atoms. The highest BCUT2D eigenvalue weighted by molar-refractivity contribution is 5.95. The van der Waals surface area contributed by atoms with E-state index in [4.69, 9.17) is 14.9 Å². The average molecular weight is 469 g/mol. The van der Waals surface area contributed by atoms with E-state index in [0.29, 0.717) is 12.2 Å². The third-order valence-electron chi connectivity index (χ3n) is 6.62. The minimum absolute atomic E-state index is 0.241. The van der Waals surface area contributed by atoms with Crippen LogP contribution in [0, 0.1) is 0 Å². The van der Waals surface area contributed by atoms with Crippen LogP contribution in [0.2, 0.25) is 0 Å². The molecule has 2 aliphatic heterocycles. The number of likely N-dealkylation sites (tertiary alicyclic amines) is 1. The van der Waals surface area contributed by atoms with E-state index in [1.54, 1.807) is 12.1 Å². The summed E-state index contributed by atoms with van der Waals surface area (Å²) >= 11 is 0. The molecule has 34 heavy (non-hydrogen) atoms. The van der Waals surface area contributed by atoms with Crippen molar-refractivity contribution in [1.82, 2.24) is 4.90 Å². The molecule has 3 fully saturated rings. The van der Waals surface area contributed by atoms with Gasteiger partial charge in [-0.15, -0.1) is 0 Å². The van der Waals surface area contributed by atoms with Crippen LogP contribution in [-0.2, 0) is 11.2 Å². The van der Waals surface area contributed by atoms with Crippen molar-refractivity contribution in [2.24, 2.45) is 0 Å². The maximum Gasteiger partial charge on any atom is 0.227 e. The van der Waals surface area contributed by atoms with Gasteiger partial charge < -0.3 is 19.8 Å².